The van der Waals surface area contributed by atoms with Gasteiger partial charge < -0.3 is 14.8 Å². The van der Waals surface area contributed by atoms with Crippen LogP contribution >= 0.6 is 0 Å². The van der Waals surface area contributed by atoms with Crippen molar-refractivity contribution in [3.63, 3.8) is 0 Å². The minimum Gasteiger partial charge on any atom is -0.465 e. The number of benzene rings is 1. The largest absolute Gasteiger partial charge is 0.465 e. The molecule has 3 rings (SSSR count). The van der Waals surface area contributed by atoms with Gasteiger partial charge in [-0.3, -0.25) is 9.48 Å². The van der Waals surface area contributed by atoms with Gasteiger partial charge in [-0.15, -0.1) is 0 Å². The molecule has 1 aromatic heterocycles. The van der Waals surface area contributed by atoms with Crippen LogP contribution in [-0.2, 0) is 15.0 Å². The monoisotopic (exact) mass is 399 g/mol. The van der Waals surface area contributed by atoms with E-state index >= 15 is 0 Å². The van der Waals surface area contributed by atoms with Crippen molar-refractivity contribution < 1.29 is 23.9 Å². The fraction of sp³-hybridized carbons (Fsp3) is 0.429. The lowest BCUT2D eigenvalue weighted by atomic mass is 10.1. The summed E-state index contributed by atoms with van der Waals surface area (Å²) >= 11 is 0. The number of amides is 1. The molecule has 0 bridgehead atoms. The van der Waals surface area contributed by atoms with Gasteiger partial charge in [0.05, 0.1) is 36.6 Å². The van der Waals surface area contributed by atoms with Crippen molar-refractivity contribution in [3.8, 4) is 0 Å². The van der Waals surface area contributed by atoms with Gasteiger partial charge in [0.1, 0.15) is 0 Å². The molecule has 1 N–H and O–H groups in total. The molecule has 1 amide bonds. The van der Waals surface area contributed by atoms with Gasteiger partial charge in [0, 0.05) is 11.6 Å². The number of anilines is 1. The molecule has 8 nitrogen and oxygen atoms in total. The second-order valence-electron chi connectivity index (χ2n) is 8.01. The summed E-state index contributed by atoms with van der Waals surface area (Å²) < 4.78 is 11.4. The third kappa shape index (κ3) is 4.31. The maximum absolute atomic E-state index is 12.9. The number of nitrogens with one attached hydrogen (secondary N) is 1. The fourth-order valence-electron chi connectivity index (χ4n) is 3.08. The molecule has 1 aliphatic rings. The maximum atomic E-state index is 12.9. The Bertz CT molecular complexity index is 967. The summed E-state index contributed by atoms with van der Waals surface area (Å²) in [4.78, 5) is 36.8. The van der Waals surface area contributed by atoms with Crippen molar-refractivity contribution in [1.82, 2.24) is 9.78 Å². The van der Waals surface area contributed by atoms with E-state index in [0.29, 0.717) is 5.92 Å². The zero-order chi connectivity index (χ0) is 21.3. The molecule has 1 aromatic carbocycles. The lowest BCUT2D eigenvalue weighted by Gasteiger charge is -2.22. The molecule has 1 saturated carbocycles. The molecule has 29 heavy (non-hydrogen) atoms. The Hall–Kier alpha value is -3.16. The van der Waals surface area contributed by atoms with Crippen LogP contribution in [-0.4, -0.2) is 41.8 Å². The van der Waals surface area contributed by atoms with Crippen molar-refractivity contribution in [3.05, 3.63) is 46.8 Å². The number of esters is 2. The number of methoxy groups -OCH3 is 2. The molecule has 1 aliphatic carbocycles. The van der Waals surface area contributed by atoms with Crippen LogP contribution < -0.4 is 5.32 Å². The number of carbonyl (C=O) groups excluding carboxylic acids is 3. The zero-order valence-corrected chi connectivity index (χ0v) is 17.2. The molecule has 0 aliphatic heterocycles. The van der Waals surface area contributed by atoms with E-state index in [4.69, 9.17) is 9.47 Å². The van der Waals surface area contributed by atoms with E-state index in [9.17, 15) is 14.4 Å². The smallest absolute Gasteiger partial charge is 0.339 e. The Balaban J connectivity index is 1.96. The Morgan fingerprint density at radius 3 is 2.28 bits per heavy atom. The highest BCUT2D eigenvalue weighted by atomic mass is 16.5. The van der Waals surface area contributed by atoms with Crippen LogP contribution in [0.15, 0.2) is 24.3 Å². The normalized spacial score (nSPS) is 13.7. The van der Waals surface area contributed by atoms with Crippen LogP contribution in [0.5, 0.6) is 0 Å². The molecule has 0 atom stereocenters. The minimum absolute atomic E-state index is 0.131. The number of ether oxygens (including phenoxy) is 2. The van der Waals surface area contributed by atoms with E-state index < -0.39 is 17.8 Å². The first-order valence-electron chi connectivity index (χ1n) is 9.38. The summed E-state index contributed by atoms with van der Waals surface area (Å²) in [6.07, 6.45) is 2.16. The van der Waals surface area contributed by atoms with E-state index in [-0.39, 0.29) is 28.0 Å². The summed E-state index contributed by atoms with van der Waals surface area (Å²) in [5.41, 5.74) is 1.50. The summed E-state index contributed by atoms with van der Waals surface area (Å²) in [5.74, 6) is -1.26. The Morgan fingerprint density at radius 1 is 1.07 bits per heavy atom. The second kappa shape index (κ2) is 7.69. The second-order valence-corrected chi connectivity index (χ2v) is 8.01. The number of aromatic nitrogens is 2. The van der Waals surface area contributed by atoms with Crippen LogP contribution in [0.25, 0.3) is 0 Å². The van der Waals surface area contributed by atoms with Crippen LogP contribution in [0.2, 0.25) is 0 Å². The van der Waals surface area contributed by atoms with Crippen LogP contribution in [0.4, 0.5) is 5.69 Å². The number of rotatable bonds is 5. The molecule has 1 heterocycles. The highest BCUT2D eigenvalue weighted by Gasteiger charge is 2.32. The number of carbonyl (C=O) groups is 3. The first-order chi connectivity index (χ1) is 13.7. The number of hydrogen-bond donors (Lipinski definition) is 1. The predicted octanol–water partition coefficient (Wildman–Crippen LogP) is 3.34. The maximum Gasteiger partial charge on any atom is 0.339 e. The van der Waals surface area contributed by atoms with Crippen LogP contribution in [0.3, 0.4) is 0 Å². The molecule has 154 valence electrons. The van der Waals surface area contributed by atoms with Crippen molar-refractivity contribution in [2.24, 2.45) is 0 Å². The molecule has 2 aromatic rings. The van der Waals surface area contributed by atoms with Gasteiger partial charge >= 0.3 is 11.9 Å². The minimum atomic E-state index is -0.629. The molecular formula is C21H25N3O5. The molecule has 1 fully saturated rings. The van der Waals surface area contributed by atoms with Gasteiger partial charge in [0.25, 0.3) is 5.91 Å². The van der Waals surface area contributed by atoms with Gasteiger partial charge in [-0.2, -0.15) is 5.10 Å². The Morgan fingerprint density at radius 2 is 1.72 bits per heavy atom. The van der Waals surface area contributed by atoms with Gasteiger partial charge in [-0.25, -0.2) is 9.59 Å². The SMILES string of the molecule is COC(=O)c1ccc(C(=O)OC)c(NC(=O)c2cc(C3CC3)n(C(C)(C)C)n2)c1. The first-order valence-corrected chi connectivity index (χ1v) is 9.38. The van der Waals surface area contributed by atoms with E-state index in [1.165, 1.54) is 32.4 Å². The lowest BCUT2D eigenvalue weighted by Crippen LogP contribution is -2.26. The third-order valence-electron chi connectivity index (χ3n) is 4.69. The molecule has 0 unspecified atom stereocenters. The van der Waals surface area contributed by atoms with Crippen molar-refractivity contribution >= 4 is 23.5 Å². The molecule has 0 spiro atoms. The van der Waals surface area contributed by atoms with E-state index in [1.54, 1.807) is 6.07 Å². The number of nitrogens with zero attached hydrogens (tertiary/aromatic N) is 2. The van der Waals surface area contributed by atoms with Crippen molar-refractivity contribution in [1.29, 1.82) is 0 Å². The van der Waals surface area contributed by atoms with E-state index in [1.807, 2.05) is 25.5 Å². The van der Waals surface area contributed by atoms with Gasteiger partial charge in [0.15, 0.2) is 5.69 Å². The third-order valence-corrected chi connectivity index (χ3v) is 4.69. The predicted molar refractivity (Wildman–Crippen MR) is 106 cm³/mol. The lowest BCUT2D eigenvalue weighted by molar-refractivity contribution is 0.0587. The number of hydrogen-bond acceptors (Lipinski definition) is 6. The van der Waals surface area contributed by atoms with Crippen LogP contribution in [0, 0.1) is 0 Å². The quantitative estimate of drug-likeness (QED) is 0.774. The highest BCUT2D eigenvalue weighted by Crippen LogP contribution is 2.41. The standard InChI is InChI=1S/C21H25N3O5/c1-21(2,3)24-17(12-6-7-12)11-16(23-24)18(25)22-15-10-13(19(26)28-4)8-9-14(15)20(27)29-5/h8-12H,6-7H2,1-5H3,(H,22,25). The van der Waals surface area contributed by atoms with Gasteiger partial charge in [-0.1, -0.05) is 0 Å². The fourth-order valence-corrected chi connectivity index (χ4v) is 3.08. The zero-order valence-electron chi connectivity index (χ0n) is 17.2. The molecule has 0 radical (unpaired) electrons. The van der Waals surface area contributed by atoms with Gasteiger partial charge in [0.2, 0.25) is 0 Å². The Kier molecular flexibility index (Phi) is 5.46. The van der Waals surface area contributed by atoms with Gasteiger partial charge in [-0.05, 0) is 57.9 Å². The average Bonchev–Trinajstić information content (AvgIpc) is 3.43. The summed E-state index contributed by atoms with van der Waals surface area (Å²) in [6, 6.07) is 6.03. The summed E-state index contributed by atoms with van der Waals surface area (Å²) in [6.45, 7) is 6.09. The van der Waals surface area contributed by atoms with Crippen LogP contribution in [0.1, 0.15) is 76.4 Å². The molecule has 8 heteroatoms. The molecule has 0 saturated heterocycles. The van der Waals surface area contributed by atoms with E-state index in [0.717, 1.165) is 18.5 Å². The topological polar surface area (TPSA) is 99.5 Å². The average molecular weight is 399 g/mol. The highest BCUT2D eigenvalue weighted by molar-refractivity contribution is 6.08. The Labute approximate surface area is 169 Å². The van der Waals surface area contributed by atoms with E-state index in [2.05, 4.69) is 10.4 Å². The summed E-state index contributed by atoms with van der Waals surface area (Å²) in [5, 5.41) is 7.19. The summed E-state index contributed by atoms with van der Waals surface area (Å²) in [7, 11) is 2.50. The first kappa shape index (κ1) is 20.6. The van der Waals surface area contributed by atoms with Crippen molar-refractivity contribution in [2.75, 3.05) is 19.5 Å². The molecular weight excluding hydrogens is 374 g/mol. The van der Waals surface area contributed by atoms with Crippen molar-refractivity contribution in [2.45, 2.75) is 45.1 Å².